The van der Waals surface area contributed by atoms with Crippen molar-refractivity contribution in [2.45, 2.75) is 76.6 Å². The number of rotatable bonds is 5. The second kappa shape index (κ2) is 12.3. The van der Waals surface area contributed by atoms with Crippen LogP contribution in [-0.4, -0.2) is 70.0 Å². The summed E-state index contributed by atoms with van der Waals surface area (Å²) in [4.78, 5) is 38.2. The summed E-state index contributed by atoms with van der Waals surface area (Å²) in [6.45, 7) is 11.9. The number of aliphatic hydroxyl groups excluding tert-OH is 1. The number of carbonyl (C=O) groups excluding carboxylic acids is 3. The maximum atomic E-state index is 13.5. The molecule has 0 aromatic heterocycles. The fraction of sp³-hybridized carbons (Fsp3) is 0.640. The molecule has 0 aliphatic carbocycles. The summed E-state index contributed by atoms with van der Waals surface area (Å²) in [6.07, 6.45) is -0.822. The summed E-state index contributed by atoms with van der Waals surface area (Å²) in [5, 5.41) is 12.4. The Morgan fingerprint density at radius 1 is 1.25 bits per heavy atom. The van der Waals surface area contributed by atoms with Crippen LogP contribution in [0.2, 0.25) is 18.1 Å². The van der Waals surface area contributed by atoms with E-state index in [0.29, 0.717) is 33.9 Å². The molecule has 1 aromatic carbocycles. The first-order valence-electron chi connectivity index (χ1n) is 11.9. The Balaban J connectivity index is 2.66. The number of fused-ring (bicyclic) bond motifs is 1. The number of aliphatic hydroxyl groups is 1. The van der Waals surface area contributed by atoms with Crippen LogP contribution >= 0.6 is 11.8 Å². The van der Waals surface area contributed by atoms with Gasteiger partial charge in [-0.15, -0.1) is 0 Å². The van der Waals surface area contributed by atoms with Crippen LogP contribution in [0.1, 0.15) is 55.1 Å². The second-order valence-electron chi connectivity index (χ2n) is 10.3. The topological polar surface area (TPSA) is 120 Å². The minimum Gasteiger partial charge on any atom is -0.543 e. The molecule has 1 amide bonds. The number of hydrogen-bond donors (Lipinski definition) is 2. The molecule has 0 saturated carbocycles. The highest BCUT2D eigenvalue weighted by molar-refractivity contribution is 7.98. The largest absolute Gasteiger partial charge is 0.543 e. The lowest BCUT2D eigenvalue weighted by Crippen LogP contribution is -2.44. The van der Waals surface area contributed by atoms with Crippen LogP contribution in [0.5, 0.6) is 11.5 Å². The van der Waals surface area contributed by atoms with Crippen molar-refractivity contribution in [3.63, 3.8) is 0 Å². The standard InChI is InChI=1S/C25H39NO8SSi/c1-15-19(31-5)11-20(34-36(7,8)25(2,3)4)17-13-35-14-18(23(29)32-6)26-21(28)10-9-16(12-27)33-24(30)22(15)17/h11,16,18,27H,9-10,12-14H2,1-8H3,(H,26,28)/t16-,18-/m0/s1. The fourth-order valence-electron chi connectivity index (χ4n) is 3.48. The van der Waals surface area contributed by atoms with Crippen molar-refractivity contribution in [3.8, 4) is 11.5 Å². The predicted molar refractivity (Wildman–Crippen MR) is 141 cm³/mol. The third-order valence-electron chi connectivity index (χ3n) is 6.72. The normalized spacial score (nSPS) is 20.0. The molecule has 1 aliphatic rings. The summed E-state index contributed by atoms with van der Waals surface area (Å²) < 4.78 is 22.7. The van der Waals surface area contributed by atoms with E-state index in [1.165, 1.54) is 26.0 Å². The second-order valence-corrected chi connectivity index (χ2v) is 16.1. The van der Waals surface area contributed by atoms with Gasteiger partial charge in [0.2, 0.25) is 14.2 Å². The number of thioether (sulfide) groups is 1. The molecule has 0 spiro atoms. The molecule has 202 valence electrons. The molecular formula is C25H39NO8SSi. The van der Waals surface area contributed by atoms with Crippen molar-refractivity contribution in [2.75, 3.05) is 26.6 Å². The summed E-state index contributed by atoms with van der Waals surface area (Å²) in [5.74, 6) is -0.00744. The number of carbonyl (C=O) groups is 3. The minimum atomic E-state index is -2.31. The van der Waals surface area contributed by atoms with Gasteiger partial charge in [0.05, 0.1) is 26.4 Å². The van der Waals surface area contributed by atoms with Crippen molar-refractivity contribution >= 4 is 37.9 Å². The summed E-state index contributed by atoms with van der Waals surface area (Å²) >= 11 is 1.37. The lowest BCUT2D eigenvalue weighted by atomic mass is 10.0. The molecule has 1 aliphatic heterocycles. The molecule has 2 atom stereocenters. The fourth-order valence-corrected chi connectivity index (χ4v) is 5.59. The number of benzene rings is 1. The Morgan fingerprint density at radius 3 is 2.47 bits per heavy atom. The van der Waals surface area contributed by atoms with Crippen molar-refractivity contribution in [1.29, 1.82) is 0 Å². The van der Waals surface area contributed by atoms with Crippen molar-refractivity contribution < 1.29 is 38.1 Å². The van der Waals surface area contributed by atoms with Crippen molar-refractivity contribution in [1.82, 2.24) is 5.32 Å². The lowest BCUT2D eigenvalue weighted by molar-refractivity contribution is -0.144. The molecule has 0 saturated heterocycles. The van der Waals surface area contributed by atoms with Crippen LogP contribution in [-0.2, 0) is 24.8 Å². The van der Waals surface area contributed by atoms with Crippen LogP contribution in [0, 0.1) is 6.92 Å². The molecule has 1 aromatic rings. The quantitative estimate of drug-likeness (QED) is 0.425. The number of methoxy groups -OCH3 is 2. The highest BCUT2D eigenvalue weighted by Gasteiger charge is 2.40. The zero-order valence-electron chi connectivity index (χ0n) is 22.5. The number of cyclic esters (lactones) is 1. The van der Waals surface area contributed by atoms with Gasteiger partial charge in [-0.1, -0.05) is 20.8 Å². The zero-order valence-corrected chi connectivity index (χ0v) is 24.3. The number of amides is 1. The number of nitrogens with one attached hydrogen (secondary N) is 1. The SMILES string of the molecule is COC(=O)[C@@H]1CSCc2c(O[Si](C)(C)C(C)(C)C)cc(OC)c(C)c2C(=O)O[C@H](CO)CCC(=O)N1. The third-order valence-corrected chi connectivity index (χ3v) is 12.1. The summed E-state index contributed by atoms with van der Waals surface area (Å²) in [7, 11) is 0.483. The number of ether oxygens (including phenoxy) is 3. The molecule has 0 unspecified atom stereocenters. The van der Waals surface area contributed by atoms with Crippen LogP contribution in [0.4, 0.5) is 0 Å². The highest BCUT2D eigenvalue weighted by Crippen LogP contribution is 2.42. The van der Waals surface area contributed by atoms with Gasteiger partial charge in [0.1, 0.15) is 23.6 Å². The maximum absolute atomic E-state index is 13.5. The Labute approximate surface area is 218 Å². The monoisotopic (exact) mass is 541 g/mol. The van der Waals surface area contributed by atoms with E-state index in [9.17, 15) is 19.5 Å². The first kappa shape index (κ1) is 30.0. The van der Waals surface area contributed by atoms with Crippen molar-refractivity contribution in [2.24, 2.45) is 0 Å². The number of esters is 2. The van der Waals surface area contributed by atoms with E-state index in [1.807, 2.05) is 0 Å². The molecule has 2 rings (SSSR count). The van der Waals surface area contributed by atoms with E-state index < -0.39 is 44.9 Å². The van der Waals surface area contributed by atoms with Gasteiger partial charge in [-0.05, 0) is 31.5 Å². The minimum absolute atomic E-state index is 0.0274. The van der Waals surface area contributed by atoms with E-state index in [1.54, 1.807) is 13.0 Å². The first-order valence-corrected chi connectivity index (χ1v) is 16.0. The molecule has 0 fully saturated rings. The lowest BCUT2D eigenvalue weighted by Gasteiger charge is -2.37. The molecule has 11 heteroatoms. The predicted octanol–water partition coefficient (Wildman–Crippen LogP) is 3.59. The summed E-state index contributed by atoms with van der Waals surface area (Å²) in [6, 6.07) is 0.939. The average Bonchev–Trinajstić information content (AvgIpc) is 2.81. The van der Waals surface area contributed by atoms with Crippen molar-refractivity contribution in [3.05, 3.63) is 22.8 Å². The van der Waals surface area contributed by atoms with Gasteiger partial charge < -0.3 is 29.1 Å². The first-order chi connectivity index (χ1) is 16.7. The van der Waals surface area contributed by atoms with E-state index in [2.05, 4.69) is 39.2 Å². The van der Waals surface area contributed by atoms with Crippen LogP contribution in [0.25, 0.3) is 0 Å². The smallest absolute Gasteiger partial charge is 0.339 e. The molecule has 9 nitrogen and oxygen atoms in total. The van der Waals surface area contributed by atoms with Crippen LogP contribution < -0.4 is 14.5 Å². The van der Waals surface area contributed by atoms with Gasteiger partial charge in [0.25, 0.3) is 0 Å². The van der Waals surface area contributed by atoms with E-state index >= 15 is 0 Å². The molecule has 36 heavy (non-hydrogen) atoms. The van der Waals surface area contributed by atoms with Gasteiger partial charge in [0, 0.05) is 35.1 Å². The Bertz CT molecular complexity index is 976. The van der Waals surface area contributed by atoms with E-state index in [-0.39, 0.29) is 23.6 Å². The zero-order chi connectivity index (χ0) is 27.3. The Morgan fingerprint density at radius 2 is 1.92 bits per heavy atom. The molecule has 2 N–H and O–H groups in total. The van der Waals surface area contributed by atoms with Gasteiger partial charge in [-0.2, -0.15) is 11.8 Å². The number of hydrogen-bond acceptors (Lipinski definition) is 9. The maximum Gasteiger partial charge on any atom is 0.339 e. The molecular weight excluding hydrogens is 502 g/mol. The average molecular weight is 542 g/mol. The third kappa shape index (κ3) is 7.16. The summed E-state index contributed by atoms with van der Waals surface area (Å²) in [5.41, 5.74) is 1.52. The van der Waals surface area contributed by atoms with E-state index in [4.69, 9.17) is 18.6 Å². The van der Waals surface area contributed by atoms with Gasteiger partial charge >= 0.3 is 11.9 Å². The van der Waals surface area contributed by atoms with E-state index in [0.717, 1.165) is 0 Å². The van der Waals surface area contributed by atoms with Gasteiger partial charge in [-0.25, -0.2) is 9.59 Å². The highest BCUT2D eigenvalue weighted by atomic mass is 32.2. The molecule has 0 radical (unpaired) electrons. The van der Waals surface area contributed by atoms with Gasteiger partial charge in [0.15, 0.2) is 0 Å². The molecule has 0 bridgehead atoms. The molecule has 1 heterocycles. The van der Waals surface area contributed by atoms with Crippen LogP contribution in [0.15, 0.2) is 6.07 Å². The Hall–Kier alpha value is -2.24. The van der Waals surface area contributed by atoms with Gasteiger partial charge in [-0.3, -0.25) is 4.79 Å². The Kier molecular flexibility index (Phi) is 10.3. The van der Waals surface area contributed by atoms with Crippen LogP contribution in [0.3, 0.4) is 0 Å².